The molecule has 0 radical (unpaired) electrons. The fraction of sp³-hybridized carbons (Fsp3) is 0.273. The van der Waals surface area contributed by atoms with E-state index in [1.165, 1.54) is 11.8 Å². The van der Waals surface area contributed by atoms with E-state index in [2.05, 4.69) is 10.6 Å². The Morgan fingerprint density at radius 3 is 2.41 bits per heavy atom. The molecule has 2 N–H and O–H groups in total. The van der Waals surface area contributed by atoms with Crippen LogP contribution in [0.2, 0.25) is 0 Å². The van der Waals surface area contributed by atoms with Gasteiger partial charge in [-0.25, -0.2) is 0 Å². The van der Waals surface area contributed by atoms with Crippen LogP contribution in [0.4, 0.5) is 4.79 Å². The van der Waals surface area contributed by atoms with Crippen LogP contribution in [0.15, 0.2) is 59.7 Å². The van der Waals surface area contributed by atoms with Crippen molar-refractivity contribution in [3.63, 3.8) is 0 Å². The Kier molecular flexibility index (Phi) is 5.56. The van der Waals surface area contributed by atoms with Crippen molar-refractivity contribution in [2.45, 2.75) is 28.5 Å². The summed E-state index contributed by atoms with van der Waals surface area (Å²) in [6, 6.07) is 17.6. The Balaban J connectivity index is 1.44. The van der Waals surface area contributed by atoms with Gasteiger partial charge in [0, 0.05) is 6.42 Å². The van der Waals surface area contributed by atoms with E-state index < -0.39 is 27.1 Å². The van der Waals surface area contributed by atoms with Crippen LogP contribution in [0.25, 0.3) is 0 Å². The molecule has 164 valence electrons. The number of imide groups is 1. The number of amides is 3. The molecule has 5 rings (SSSR count). The highest BCUT2D eigenvalue weighted by molar-refractivity contribution is 8.16. The van der Waals surface area contributed by atoms with Crippen LogP contribution in [-0.4, -0.2) is 50.9 Å². The highest BCUT2D eigenvalue weighted by Gasteiger charge is 2.49. The first kappa shape index (κ1) is 20.9. The molecule has 0 spiro atoms. The van der Waals surface area contributed by atoms with E-state index >= 15 is 0 Å². The summed E-state index contributed by atoms with van der Waals surface area (Å²) in [5, 5.41) is 10.2. The lowest BCUT2D eigenvalue weighted by Crippen LogP contribution is -2.40. The average molecular weight is 469 g/mol. The van der Waals surface area contributed by atoms with Gasteiger partial charge < -0.3 is 10.1 Å². The maximum atomic E-state index is 12.7. The molecule has 0 saturated carbocycles. The Hall–Kier alpha value is -2.98. The second-order valence-electron chi connectivity index (χ2n) is 7.52. The summed E-state index contributed by atoms with van der Waals surface area (Å²) in [7, 11) is 1.63. The third-order valence-corrected chi connectivity index (χ3v) is 8.18. The monoisotopic (exact) mass is 468 g/mol. The highest BCUT2D eigenvalue weighted by Crippen LogP contribution is 2.42. The number of carbonyl (C=O) groups excluding carboxylic acids is 3. The number of rotatable bonds is 5. The van der Waals surface area contributed by atoms with Gasteiger partial charge in [0.1, 0.15) is 16.2 Å². The van der Waals surface area contributed by atoms with E-state index in [4.69, 9.17) is 9.84 Å². The van der Waals surface area contributed by atoms with E-state index in [-0.39, 0.29) is 11.9 Å². The molecular weight excluding hydrogens is 448 g/mol. The van der Waals surface area contributed by atoms with Crippen molar-refractivity contribution in [1.29, 1.82) is 0 Å². The number of thioether (sulfide) groups is 2. The number of benzene rings is 2. The normalized spacial score (nSPS) is 27.3. The maximum absolute atomic E-state index is 12.7. The minimum absolute atomic E-state index is 0.0978. The zero-order valence-corrected chi connectivity index (χ0v) is 18.7. The van der Waals surface area contributed by atoms with E-state index in [1.807, 2.05) is 59.6 Å². The van der Waals surface area contributed by atoms with Gasteiger partial charge in [0.15, 0.2) is 5.50 Å². The molecule has 10 heteroatoms. The lowest BCUT2D eigenvalue weighted by atomic mass is 9.98. The number of ether oxygens (including phenoxy) is 1. The zero-order chi connectivity index (χ0) is 22.2. The van der Waals surface area contributed by atoms with Crippen LogP contribution in [-0.2, 0) is 9.59 Å². The van der Waals surface area contributed by atoms with Crippen molar-refractivity contribution in [3.8, 4) is 5.75 Å². The van der Waals surface area contributed by atoms with Crippen LogP contribution in [0.3, 0.4) is 0 Å². The minimum atomic E-state index is -0.739. The Morgan fingerprint density at radius 2 is 1.75 bits per heavy atom. The molecule has 0 aromatic heterocycles. The van der Waals surface area contributed by atoms with Crippen molar-refractivity contribution in [1.82, 2.24) is 15.6 Å². The predicted molar refractivity (Wildman–Crippen MR) is 123 cm³/mol. The molecule has 0 bridgehead atoms. The van der Waals surface area contributed by atoms with Gasteiger partial charge in [-0.3, -0.25) is 24.7 Å². The van der Waals surface area contributed by atoms with Gasteiger partial charge in [-0.1, -0.05) is 54.2 Å². The molecule has 3 heterocycles. The number of methoxy groups -OCH3 is 1. The van der Waals surface area contributed by atoms with Crippen LogP contribution in [0, 0.1) is 0 Å². The van der Waals surface area contributed by atoms with Gasteiger partial charge in [-0.15, -0.1) is 0 Å². The molecule has 8 nitrogen and oxygen atoms in total. The van der Waals surface area contributed by atoms with Gasteiger partial charge in [0.05, 0.1) is 18.9 Å². The van der Waals surface area contributed by atoms with Gasteiger partial charge in [-0.05, 0) is 35.0 Å². The Bertz CT molecular complexity index is 1090. The molecule has 32 heavy (non-hydrogen) atoms. The van der Waals surface area contributed by atoms with Gasteiger partial charge in [0.2, 0.25) is 11.8 Å². The van der Waals surface area contributed by atoms with Gasteiger partial charge in [0.25, 0.3) is 5.24 Å². The van der Waals surface area contributed by atoms with Crippen molar-refractivity contribution in [3.05, 3.63) is 65.7 Å². The lowest BCUT2D eigenvalue weighted by Gasteiger charge is -2.29. The third-order valence-electron chi connectivity index (χ3n) is 5.58. The summed E-state index contributed by atoms with van der Waals surface area (Å²) >= 11 is 2.19. The molecule has 3 aliphatic heterocycles. The first-order valence-electron chi connectivity index (χ1n) is 10.1. The number of carbonyl (C=O) groups is 3. The molecule has 3 aliphatic rings. The third kappa shape index (κ3) is 3.84. The summed E-state index contributed by atoms with van der Waals surface area (Å²) < 4.78 is 5.28. The number of nitrogens with one attached hydrogen (secondary N) is 2. The second-order valence-corrected chi connectivity index (χ2v) is 9.86. The topological polar surface area (TPSA) is 100 Å². The van der Waals surface area contributed by atoms with Crippen molar-refractivity contribution < 1.29 is 19.1 Å². The van der Waals surface area contributed by atoms with Crippen molar-refractivity contribution in [2.24, 2.45) is 5.10 Å². The van der Waals surface area contributed by atoms with Crippen LogP contribution < -0.4 is 15.4 Å². The molecule has 0 aliphatic carbocycles. The smallest absolute Gasteiger partial charge is 0.286 e. The zero-order valence-electron chi connectivity index (χ0n) is 17.1. The number of nitrogens with zero attached hydrogens (tertiary/aromatic N) is 2. The molecular formula is C22H20N4O4S2. The number of hydrazone groups is 1. The Morgan fingerprint density at radius 1 is 1.00 bits per heavy atom. The fourth-order valence-electron chi connectivity index (χ4n) is 3.99. The van der Waals surface area contributed by atoms with E-state index in [0.29, 0.717) is 6.42 Å². The standard InChI is InChI=1S/C22H20N4O4S2/c1-30-14-9-7-13(8-10-14)16-11-15(12-5-3-2-4-6-12)25-26(16)21-23-19(27)17(31-21)18-20(28)24-22(29)32-18/h2-10,16-18,21H,11H2,1H3,(H,23,27)(H,24,28,29). The molecule has 2 aromatic rings. The molecule has 2 fully saturated rings. The van der Waals surface area contributed by atoms with Crippen molar-refractivity contribution >= 4 is 46.3 Å². The number of hydrogen-bond donors (Lipinski definition) is 2. The fourth-order valence-corrected chi connectivity index (χ4v) is 6.39. The molecule has 2 aromatic carbocycles. The number of hydrogen-bond acceptors (Lipinski definition) is 8. The van der Waals surface area contributed by atoms with Crippen LogP contribution in [0.1, 0.15) is 23.6 Å². The summed E-state index contributed by atoms with van der Waals surface area (Å²) in [5.41, 5.74) is 2.54. The molecule has 2 saturated heterocycles. The van der Waals surface area contributed by atoms with Crippen LogP contribution in [0.5, 0.6) is 5.75 Å². The lowest BCUT2D eigenvalue weighted by molar-refractivity contribution is -0.124. The Labute approximate surface area is 193 Å². The predicted octanol–water partition coefficient (Wildman–Crippen LogP) is 2.71. The molecule has 4 atom stereocenters. The minimum Gasteiger partial charge on any atom is -0.497 e. The summed E-state index contributed by atoms with van der Waals surface area (Å²) in [6.45, 7) is 0. The molecule has 4 unspecified atom stereocenters. The van der Waals surface area contributed by atoms with E-state index in [9.17, 15) is 14.4 Å². The van der Waals surface area contributed by atoms with Gasteiger partial charge >= 0.3 is 0 Å². The van der Waals surface area contributed by atoms with E-state index in [0.717, 1.165) is 34.3 Å². The van der Waals surface area contributed by atoms with E-state index in [1.54, 1.807) is 7.11 Å². The van der Waals surface area contributed by atoms with Crippen molar-refractivity contribution in [2.75, 3.05) is 7.11 Å². The largest absolute Gasteiger partial charge is 0.497 e. The second kappa shape index (κ2) is 8.51. The average Bonchev–Trinajstić information content (AvgIpc) is 3.50. The maximum Gasteiger partial charge on any atom is 0.286 e. The first-order valence-corrected chi connectivity index (χ1v) is 11.9. The quantitative estimate of drug-likeness (QED) is 0.696. The summed E-state index contributed by atoms with van der Waals surface area (Å²) in [5.74, 6) is 0.0779. The first-order chi connectivity index (χ1) is 15.5. The molecule has 3 amide bonds. The summed E-state index contributed by atoms with van der Waals surface area (Å²) in [6.07, 6.45) is 0.672. The highest BCUT2D eigenvalue weighted by atomic mass is 32.2. The summed E-state index contributed by atoms with van der Waals surface area (Å²) in [4.78, 5) is 36.5. The van der Waals surface area contributed by atoms with Crippen LogP contribution >= 0.6 is 23.5 Å². The SMILES string of the molecule is COc1ccc(C2CC(c3ccccc3)=NN2C2NC(=O)C(C3SC(=O)NC3=O)S2)cc1. The van der Waals surface area contributed by atoms with Gasteiger partial charge in [-0.2, -0.15) is 5.10 Å².